The summed E-state index contributed by atoms with van der Waals surface area (Å²) in [6.45, 7) is 0. The number of carbonyl (C=O) groups excluding carboxylic acids is 1. The second-order valence-corrected chi connectivity index (χ2v) is 6.70. The van der Waals surface area contributed by atoms with E-state index in [1.807, 2.05) is 18.2 Å². The number of aryl methyl sites for hydroxylation is 1. The third-order valence-electron chi connectivity index (χ3n) is 3.53. The monoisotopic (exact) mass is 357 g/mol. The number of amides is 1. The summed E-state index contributed by atoms with van der Waals surface area (Å²) in [6, 6.07) is 7.58. The number of nitrogens with two attached hydrogens (primary N) is 1. The van der Waals surface area contributed by atoms with Crippen molar-refractivity contribution in [3.05, 3.63) is 45.4 Å². The van der Waals surface area contributed by atoms with Gasteiger partial charge in [0.2, 0.25) is 5.91 Å². The molecule has 1 atom stereocenters. The zero-order valence-electron chi connectivity index (χ0n) is 11.8. The molecule has 1 aliphatic rings. The maximum atomic E-state index is 12.1. The molecule has 1 amide bonds. The Hall–Kier alpha value is -1.14. The van der Waals surface area contributed by atoms with Gasteiger partial charge in [-0.3, -0.25) is 4.79 Å². The maximum absolute atomic E-state index is 12.1. The smallest absolute Gasteiger partial charge is 0.230 e. The minimum atomic E-state index is -0.0986. The van der Waals surface area contributed by atoms with Gasteiger partial charge in [-0.2, -0.15) is 0 Å². The van der Waals surface area contributed by atoms with Crippen molar-refractivity contribution in [3.63, 3.8) is 0 Å². The molecule has 22 heavy (non-hydrogen) atoms. The summed E-state index contributed by atoms with van der Waals surface area (Å²) in [7, 11) is 0. The van der Waals surface area contributed by atoms with Crippen molar-refractivity contribution in [2.75, 3.05) is 5.32 Å². The van der Waals surface area contributed by atoms with Crippen LogP contribution < -0.4 is 11.1 Å². The first-order chi connectivity index (χ1) is 10.1. The zero-order valence-corrected chi connectivity index (χ0v) is 14.2. The number of anilines is 1. The lowest BCUT2D eigenvalue weighted by Crippen LogP contribution is -2.27. The first kappa shape index (κ1) is 17.2. The van der Waals surface area contributed by atoms with E-state index in [0.29, 0.717) is 10.2 Å². The van der Waals surface area contributed by atoms with Crippen LogP contribution in [0.3, 0.4) is 0 Å². The van der Waals surface area contributed by atoms with Crippen molar-refractivity contribution >= 4 is 46.4 Å². The van der Waals surface area contributed by atoms with Crippen LogP contribution in [0.15, 0.2) is 24.3 Å². The van der Waals surface area contributed by atoms with Gasteiger partial charge in [-0.25, -0.2) is 4.98 Å². The Labute approximate surface area is 144 Å². The van der Waals surface area contributed by atoms with E-state index in [4.69, 9.17) is 17.3 Å². The summed E-state index contributed by atoms with van der Waals surface area (Å²) >= 11 is 7.59. The summed E-state index contributed by atoms with van der Waals surface area (Å²) < 4.78 is 0. The van der Waals surface area contributed by atoms with Crippen molar-refractivity contribution < 1.29 is 4.79 Å². The first-order valence-corrected chi connectivity index (χ1v) is 8.08. The van der Waals surface area contributed by atoms with Crippen molar-refractivity contribution in [2.45, 2.75) is 31.7 Å². The molecule has 118 valence electrons. The molecule has 0 bridgehead atoms. The molecular weight excluding hydrogens is 341 g/mol. The van der Waals surface area contributed by atoms with Crippen LogP contribution in [0.1, 0.15) is 22.6 Å². The Kier molecular flexibility index (Phi) is 5.81. The summed E-state index contributed by atoms with van der Waals surface area (Å²) in [5.41, 5.74) is 7.85. The van der Waals surface area contributed by atoms with Gasteiger partial charge in [-0.15, -0.1) is 23.7 Å². The number of nitrogens with zero attached hydrogens (tertiary/aromatic N) is 1. The van der Waals surface area contributed by atoms with Crippen LogP contribution in [0.25, 0.3) is 0 Å². The molecule has 7 heteroatoms. The van der Waals surface area contributed by atoms with E-state index in [2.05, 4.69) is 10.3 Å². The highest BCUT2D eigenvalue weighted by Gasteiger charge is 2.20. The number of nitrogens with one attached hydrogen (secondary N) is 1. The van der Waals surface area contributed by atoms with E-state index < -0.39 is 0 Å². The molecule has 0 aliphatic heterocycles. The highest BCUT2D eigenvalue weighted by molar-refractivity contribution is 7.15. The lowest BCUT2D eigenvalue weighted by atomic mass is 9.99. The van der Waals surface area contributed by atoms with Gasteiger partial charge in [0.1, 0.15) is 0 Å². The third-order valence-corrected chi connectivity index (χ3v) is 4.94. The predicted octanol–water partition coefficient (Wildman–Crippen LogP) is 3.22. The Balaban J connectivity index is 0.00000176. The number of hydrogen-bond donors (Lipinski definition) is 2. The fraction of sp³-hybridized carbons (Fsp3) is 0.333. The fourth-order valence-corrected chi connectivity index (χ4v) is 3.75. The Morgan fingerprint density at radius 2 is 2.23 bits per heavy atom. The third kappa shape index (κ3) is 3.98. The molecule has 0 radical (unpaired) electrons. The fourth-order valence-electron chi connectivity index (χ4n) is 2.43. The lowest BCUT2D eigenvalue weighted by Gasteiger charge is -2.15. The van der Waals surface area contributed by atoms with Crippen LogP contribution in [0.2, 0.25) is 5.02 Å². The first-order valence-electron chi connectivity index (χ1n) is 6.89. The molecule has 1 aromatic heterocycles. The molecule has 1 aromatic carbocycles. The van der Waals surface area contributed by atoms with Crippen LogP contribution >= 0.6 is 35.3 Å². The average Bonchev–Trinajstić information content (AvgIpc) is 2.82. The molecule has 1 aliphatic carbocycles. The maximum Gasteiger partial charge on any atom is 0.230 e. The van der Waals surface area contributed by atoms with Gasteiger partial charge in [0.25, 0.3) is 0 Å². The number of rotatable bonds is 3. The number of hydrogen-bond acceptors (Lipinski definition) is 4. The number of thiazole rings is 1. The minimum Gasteiger partial charge on any atom is -0.327 e. The number of fused-ring (bicyclic) bond motifs is 1. The van der Waals surface area contributed by atoms with Gasteiger partial charge in [0.15, 0.2) is 5.13 Å². The van der Waals surface area contributed by atoms with E-state index in [1.54, 1.807) is 6.07 Å². The quantitative estimate of drug-likeness (QED) is 0.885. The van der Waals surface area contributed by atoms with Gasteiger partial charge < -0.3 is 11.1 Å². The summed E-state index contributed by atoms with van der Waals surface area (Å²) in [6.07, 6.45) is 2.97. The molecule has 4 nitrogen and oxygen atoms in total. The van der Waals surface area contributed by atoms with Crippen LogP contribution in [0.5, 0.6) is 0 Å². The summed E-state index contributed by atoms with van der Waals surface area (Å²) in [5.74, 6) is -0.0986. The molecule has 0 spiro atoms. The van der Waals surface area contributed by atoms with Gasteiger partial charge in [-0.05, 0) is 30.9 Å². The van der Waals surface area contributed by atoms with Crippen LogP contribution in [-0.2, 0) is 24.1 Å². The molecule has 0 saturated heterocycles. The summed E-state index contributed by atoms with van der Waals surface area (Å²) in [4.78, 5) is 17.8. The highest BCUT2D eigenvalue weighted by Crippen LogP contribution is 2.29. The lowest BCUT2D eigenvalue weighted by molar-refractivity contribution is -0.115. The molecule has 0 fully saturated rings. The second kappa shape index (κ2) is 7.42. The van der Waals surface area contributed by atoms with Gasteiger partial charge in [0, 0.05) is 15.9 Å². The standard InChI is InChI=1S/C15H16ClN3OS.ClH/c16-11-4-2-1-3-9(11)7-14(20)19-15-18-12-6-5-10(17)8-13(12)21-15;/h1-4,10H,5-8,17H2,(H,18,19,20);1H/t10-;/m0./s1. The predicted molar refractivity (Wildman–Crippen MR) is 93.1 cm³/mol. The Morgan fingerprint density at radius 3 is 3.00 bits per heavy atom. The Bertz CT molecular complexity index is 675. The van der Waals surface area contributed by atoms with Crippen molar-refractivity contribution in [2.24, 2.45) is 5.73 Å². The minimum absolute atomic E-state index is 0. The largest absolute Gasteiger partial charge is 0.327 e. The van der Waals surface area contributed by atoms with Gasteiger partial charge in [0.05, 0.1) is 12.1 Å². The van der Waals surface area contributed by atoms with E-state index in [0.717, 1.165) is 30.5 Å². The molecule has 0 saturated carbocycles. The SMILES string of the molecule is Cl.N[C@H]1CCc2nc(NC(=O)Cc3ccccc3Cl)sc2C1. The Morgan fingerprint density at radius 1 is 1.45 bits per heavy atom. The van der Waals surface area contributed by atoms with Crippen molar-refractivity contribution in [1.82, 2.24) is 4.98 Å². The van der Waals surface area contributed by atoms with E-state index in [-0.39, 0.29) is 30.8 Å². The molecule has 3 rings (SSSR count). The average molecular weight is 358 g/mol. The van der Waals surface area contributed by atoms with E-state index in [9.17, 15) is 4.79 Å². The molecular formula is C15H17Cl2N3OS. The van der Waals surface area contributed by atoms with E-state index in [1.165, 1.54) is 16.2 Å². The van der Waals surface area contributed by atoms with E-state index >= 15 is 0 Å². The van der Waals surface area contributed by atoms with Gasteiger partial charge in [-0.1, -0.05) is 29.8 Å². The second-order valence-electron chi connectivity index (χ2n) is 5.21. The van der Waals surface area contributed by atoms with Crippen molar-refractivity contribution in [1.29, 1.82) is 0 Å². The van der Waals surface area contributed by atoms with Crippen LogP contribution in [0, 0.1) is 0 Å². The van der Waals surface area contributed by atoms with Crippen molar-refractivity contribution in [3.8, 4) is 0 Å². The molecule has 0 unspecified atom stereocenters. The van der Waals surface area contributed by atoms with Crippen LogP contribution in [-0.4, -0.2) is 16.9 Å². The highest BCUT2D eigenvalue weighted by atomic mass is 35.5. The number of carbonyl (C=O) groups is 1. The number of halogens is 2. The summed E-state index contributed by atoms with van der Waals surface area (Å²) in [5, 5.41) is 4.13. The number of benzene rings is 1. The topological polar surface area (TPSA) is 68.0 Å². The van der Waals surface area contributed by atoms with Gasteiger partial charge >= 0.3 is 0 Å². The molecule has 2 aromatic rings. The van der Waals surface area contributed by atoms with Crippen LogP contribution in [0.4, 0.5) is 5.13 Å². The molecule has 3 N–H and O–H groups in total. The normalized spacial score (nSPS) is 16.5. The molecule has 1 heterocycles. The number of aromatic nitrogens is 1. The zero-order chi connectivity index (χ0) is 14.8.